The average molecular weight is 307 g/mol. The molecule has 0 aliphatic rings. The smallest absolute Gasteiger partial charge is 0.523 e. The lowest BCUT2D eigenvalue weighted by Gasteiger charge is -2.15. The Morgan fingerprint density at radius 2 is 1.75 bits per heavy atom. The van der Waals surface area contributed by atoms with E-state index in [1.54, 1.807) is 0 Å². The van der Waals surface area contributed by atoms with Crippen molar-refractivity contribution in [3.63, 3.8) is 0 Å². The van der Waals surface area contributed by atoms with Crippen LogP contribution in [0.4, 0.5) is 0 Å². The second-order valence-electron chi connectivity index (χ2n) is 4.01. The van der Waals surface area contributed by atoms with Crippen LogP contribution in [0.3, 0.4) is 0 Å². The van der Waals surface area contributed by atoms with Gasteiger partial charge in [-0.1, -0.05) is 25.6 Å². The van der Waals surface area contributed by atoms with Gasteiger partial charge in [-0.05, 0) is 6.42 Å². The Morgan fingerprint density at radius 3 is 2.25 bits per heavy atom. The average Bonchev–Trinajstić information content (AvgIpc) is 2.26. The topological polar surface area (TPSA) is 77.5 Å². The fraction of sp³-hybridized carbons (Fsp3) is 1.00. The lowest BCUT2D eigenvalue weighted by molar-refractivity contribution is 0.293. The van der Waals surface area contributed by atoms with Crippen molar-refractivity contribution >= 4 is 41.6 Å². The maximum absolute atomic E-state index is 11.5. The molecule has 0 bridgehead atoms. The maximum Gasteiger partial charge on any atom is 0.546 e. The summed E-state index contributed by atoms with van der Waals surface area (Å²) in [6.45, 7) is 4.28. The van der Waals surface area contributed by atoms with Crippen LogP contribution in [0.2, 0.25) is 19.1 Å². The van der Waals surface area contributed by atoms with Crippen molar-refractivity contribution in [3.8, 4) is 0 Å². The van der Waals surface area contributed by atoms with E-state index in [2.05, 4.69) is 0 Å². The van der Waals surface area contributed by atoms with E-state index in [4.69, 9.17) is 4.43 Å². The summed E-state index contributed by atoms with van der Waals surface area (Å²) < 4.78 is 47.8. The Kier molecular flexibility index (Phi) is 8.26. The second kappa shape index (κ2) is 8.22. The van der Waals surface area contributed by atoms with Crippen LogP contribution in [-0.2, 0) is 22.3 Å². The number of rotatable bonds is 9. The summed E-state index contributed by atoms with van der Waals surface area (Å²) >= 11 is 0. The molecule has 0 aliphatic carbocycles. The highest BCUT2D eigenvalue weighted by Crippen LogP contribution is 2.12. The van der Waals surface area contributed by atoms with Crippen molar-refractivity contribution in [2.75, 3.05) is 6.61 Å². The van der Waals surface area contributed by atoms with E-state index in [0.29, 0.717) is 13.0 Å². The van der Waals surface area contributed by atoms with Crippen molar-refractivity contribution in [2.24, 2.45) is 0 Å². The normalized spacial score (nSPS) is 10.6. The molecule has 0 saturated carbocycles. The zero-order valence-corrected chi connectivity index (χ0v) is 14.4. The standard InChI is InChI=1S/C6H14O5Si5/c1-16(2,15(10)13-8)6-4-3-5-11-14(9)12-7/h3-6H2,1-2H3. The van der Waals surface area contributed by atoms with Gasteiger partial charge >= 0.3 is 34.0 Å². The minimum atomic E-state index is -2.34. The van der Waals surface area contributed by atoms with Crippen LogP contribution in [-0.4, -0.2) is 48.2 Å². The highest BCUT2D eigenvalue weighted by atomic mass is 29.6. The molecule has 0 unspecified atom stereocenters. The second-order valence-corrected chi connectivity index (χ2v) is 20.9. The Balaban J connectivity index is 3.73. The molecule has 0 aromatic heterocycles. The quantitative estimate of drug-likeness (QED) is 0.443. The van der Waals surface area contributed by atoms with Crippen LogP contribution in [0.1, 0.15) is 12.8 Å². The van der Waals surface area contributed by atoms with Gasteiger partial charge in [0.2, 0.25) is 0 Å². The third kappa shape index (κ3) is 6.62. The van der Waals surface area contributed by atoms with Gasteiger partial charge in [0, 0.05) is 0 Å². The molecular weight excluding hydrogens is 292 g/mol. The van der Waals surface area contributed by atoms with Crippen molar-refractivity contribution in [1.29, 1.82) is 0 Å². The maximum atomic E-state index is 11.5. The highest BCUT2D eigenvalue weighted by Gasteiger charge is 2.32. The SMILES string of the molecule is C[Si](C)(CCCCO[Si](=O)[Si]=O)[Si](=O)[Si]=O. The van der Waals surface area contributed by atoms with Crippen LogP contribution in [0, 0.1) is 0 Å². The summed E-state index contributed by atoms with van der Waals surface area (Å²) in [4.78, 5) is 0. The zero-order valence-electron chi connectivity index (χ0n) is 9.37. The molecule has 0 saturated heterocycles. The third-order valence-corrected chi connectivity index (χ3v) is 18.8. The minimum Gasteiger partial charge on any atom is -0.523 e. The first-order chi connectivity index (χ1) is 7.44. The first-order valence-electron chi connectivity index (χ1n) is 4.91. The Morgan fingerprint density at radius 1 is 1.12 bits per heavy atom. The molecule has 0 aromatic rings. The van der Waals surface area contributed by atoms with Gasteiger partial charge in [-0.2, -0.15) is 0 Å². The summed E-state index contributed by atoms with van der Waals surface area (Å²) in [5.41, 5.74) is 0. The van der Waals surface area contributed by atoms with Crippen LogP contribution < -0.4 is 0 Å². The van der Waals surface area contributed by atoms with Gasteiger partial charge in [-0.3, -0.25) is 0 Å². The first kappa shape index (κ1) is 16.1. The molecule has 0 heterocycles. The van der Waals surface area contributed by atoms with Gasteiger partial charge in [-0.25, -0.2) is 0 Å². The summed E-state index contributed by atoms with van der Waals surface area (Å²) in [5, 5.41) is 0. The lowest BCUT2D eigenvalue weighted by atomic mass is 10.4. The minimum absolute atomic E-state index is 0.331. The molecule has 10 heteroatoms. The highest BCUT2D eigenvalue weighted by molar-refractivity contribution is 7.43. The van der Waals surface area contributed by atoms with E-state index < -0.39 is 41.6 Å². The van der Waals surface area contributed by atoms with Crippen molar-refractivity contribution in [1.82, 2.24) is 0 Å². The van der Waals surface area contributed by atoms with Gasteiger partial charge in [0.1, 0.15) is 7.59 Å². The molecule has 2 radical (unpaired) electrons. The van der Waals surface area contributed by atoms with E-state index in [0.717, 1.165) is 12.5 Å². The lowest BCUT2D eigenvalue weighted by Crippen LogP contribution is -2.41. The molecule has 16 heavy (non-hydrogen) atoms. The van der Waals surface area contributed by atoms with E-state index >= 15 is 0 Å². The van der Waals surface area contributed by atoms with Crippen LogP contribution in [0.25, 0.3) is 0 Å². The largest absolute Gasteiger partial charge is 0.546 e. The van der Waals surface area contributed by atoms with Crippen molar-refractivity contribution < 1.29 is 22.3 Å². The summed E-state index contributed by atoms with van der Waals surface area (Å²) in [6, 6.07) is 0.837. The molecule has 0 amide bonds. The predicted molar refractivity (Wildman–Crippen MR) is 63.2 cm³/mol. The van der Waals surface area contributed by atoms with Gasteiger partial charge in [0.05, 0.1) is 6.61 Å². The van der Waals surface area contributed by atoms with E-state index in [1.165, 1.54) is 0 Å². The zero-order chi connectivity index (χ0) is 12.6. The fourth-order valence-corrected chi connectivity index (χ4v) is 9.28. The van der Waals surface area contributed by atoms with E-state index in [9.17, 15) is 17.8 Å². The summed E-state index contributed by atoms with van der Waals surface area (Å²) in [7, 11) is -7.60. The molecular formula is C6H14O5Si5. The van der Waals surface area contributed by atoms with Gasteiger partial charge in [0.15, 0.2) is 0 Å². The third-order valence-electron chi connectivity index (χ3n) is 2.22. The Labute approximate surface area is 103 Å². The van der Waals surface area contributed by atoms with Gasteiger partial charge in [-0.15, -0.1) is 0 Å². The van der Waals surface area contributed by atoms with Gasteiger partial charge in [0.25, 0.3) is 0 Å². The Bertz CT molecular complexity index is 291. The van der Waals surface area contributed by atoms with Crippen molar-refractivity contribution in [3.05, 3.63) is 0 Å². The predicted octanol–water partition coefficient (Wildman–Crippen LogP) is 0.00350. The molecule has 0 aromatic carbocycles. The van der Waals surface area contributed by atoms with Crippen LogP contribution in [0.5, 0.6) is 0 Å². The fourth-order valence-electron chi connectivity index (χ4n) is 1.12. The number of unbranched alkanes of at least 4 members (excludes halogenated alkanes) is 1. The number of hydrogen-bond acceptors (Lipinski definition) is 5. The summed E-state index contributed by atoms with van der Waals surface area (Å²) in [5.74, 6) is 0. The molecule has 0 aliphatic heterocycles. The Hall–Kier alpha value is 0.0844. The molecule has 0 rings (SSSR count). The molecule has 0 N–H and O–H groups in total. The molecule has 0 spiro atoms. The summed E-state index contributed by atoms with van der Waals surface area (Å²) in [6.07, 6.45) is 1.55. The molecule has 88 valence electrons. The molecule has 0 atom stereocenters. The molecule has 5 nitrogen and oxygen atoms in total. The van der Waals surface area contributed by atoms with E-state index in [1.807, 2.05) is 13.1 Å². The number of hydrogen-bond donors (Lipinski definition) is 0. The molecule has 0 fully saturated rings. The van der Waals surface area contributed by atoms with E-state index in [-0.39, 0.29) is 0 Å². The van der Waals surface area contributed by atoms with Crippen molar-refractivity contribution in [2.45, 2.75) is 32.0 Å². The van der Waals surface area contributed by atoms with Gasteiger partial charge < -0.3 is 22.3 Å². The van der Waals surface area contributed by atoms with Crippen LogP contribution in [0.15, 0.2) is 0 Å². The van der Waals surface area contributed by atoms with Crippen LogP contribution >= 0.6 is 0 Å². The monoisotopic (exact) mass is 306 g/mol. The first-order valence-corrected chi connectivity index (χ1v) is 15.7.